The maximum Gasteiger partial charge on any atom is 0.266 e. The van der Waals surface area contributed by atoms with E-state index in [0.29, 0.717) is 41.5 Å². The maximum atomic E-state index is 13.9. The summed E-state index contributed by atoms with van der Waals surface area (Å²) >= 11 is 0. The number of amides is 1. The largest absolute Gasteiger partial charge is 0.494 e. The molecule has 2 aliphatic heterocycles. The molecule has 2 aromatic carbocycles. The predicted molar refractivity (Wildman–Crippen MR) is 140 cm³/mol. The summed E-state index contributed by atoms with van der Waals surface area (Å²) < 4.78 is 12.0. The summed E-state index contributed by atoms with van der Waals surface area (Å²) in [5.74, 6) is 0.661. The zero-order valence-corrected chi connectivity index (χ0v) is 20.8. The number of aliphatic hydroxyl groups excluding tert-OH is 1. The average molecular weight is 505 g/mol. The molecular weight excluding hydrogens is 472 g/mol. The third kappa shape index (κ3) is 5.94. The van der Waals surface area contributed by atoms with E-state index in [1.54, 1.807) is 36.4 Å². The van der Waals surface area contributed by atoms with Gasteiger partial charge in [0.1, 0.15) is 5.75 Å². The van der Waals surface area contributed by atoms with Crippen molar-refractivity contribution in [2.24, 2.45) is 10.1 Å². The van der Waals surface area contributed by atoms with Gasteiger partial charge in [0, 0.05) is 54.3 Å². The van der Waals surface area contributed by atoms with Gasteiger partial charge in [0.2, 0.25) is 5.90 Å². The molecule has 4 rings (SSSR count). The molecule has 2 aromatic rings. The molecule has 194 valence electrons. The van der Waals surface area contributed by atoms with Crippen LogP contribution in [0.4, 0.5) is 5.69 Å². The topological polar surface area (TPSA) is 132 Å². The normalized spacial score (nSPS) is 21.3. The van der Waals surface area contributed by atoms with Crippen LogP contribution in [0.3, 0.4) is 0 Å². The first-order chi connectivity index (χ1) is 18.1. The van der Waals surface area contributed by atoms with Crippen molar-refractivity contribution in [2.45, 2.75) is 43.7 Å². The number of benzene rings is 2. The molecule has 10 nitrogen and oxygen atoms in total. The van der Waals surface area contributed by atoms with Crippen LogP contribution in [0.2, 0.25) is 0 Å². The molecule has 0 spiro atoms. The van der Waals surface area contributed by atoms with Crippen LogP contribution in [0.25, 0.3) is 10.4 Å². The van der Waals surface area contributed by atoms with Gasteiger partial charge in [-0.15, -0.1) is 6.58 Å². The Morgan fingerprint density at radius 1 is 1.27 bits per heavy atom. The van der Waals surface area contributed by atoms with Gasteiger partial charge < -0.3 is 14.6 Å². The molecule has 1 amide bonds. The molecule has 2 atom stereocenters. The van der Waals surface area contributed by atoms with Crippen LogP contribution in [0.15, 0.2) is 71.3 Å². The van der Waals surface area contributed by atoms with Crippen LogP contribution in [-0.4, -0.2) is 53.8 Å². The first-order valence-electron chi connectivity index (χ1n) is 12.5. The van der Waals surface area contributed by atoms with Crippen molar-refractivity contribution < 1.29 is 19.4 Å². The number of nitrogens with zero attached hydrogens (tertiary/aromatic N) is 5. The van der Waals surface area contributed by atoms with Gasteiger partial charge in [-0.25, -0.2) is 10.0 Å². The smallest absolute Gasteiger partial charge is 0.266 e. The Labute approximate surface area is 216 Å². The number of hydrogen-bond acceptors (Lipinski definition) is 7. The molecule has 0 bridgehead atoms. The van der Waals surface area contributed by atoms with Crippen molar-refractivity contribution in [3.63, 3.8) is 0 Å². The van der Waals surface area contributed by atoms with Crippen molar-refractivity contribution in [1.29, 1.82) is 0 Å². The van der Waals surface area contributed by atoms with Gasteiger partial charge >= 0.3 is 0 Å². The number of ether oxygens (including phenoxy) is 2. The number of hydrazine groups is 1. The number of nitrogens with one attached hydrogen (secondary N) is 1. The lowest BCUT2D eigenvalue weighted by molar-refractivity contribution is -0.134. The van der Waals surface area contributed by atoms with Gasteiger partial charge in [-0.05, 0) is 42.6 Å². The molecule has 1 saturated heterocycles. The minimum Gasteiger partial charge on any atom is -0.494 e. The fourth-order valence-corrected chi connectivity index (χ4v) is 4.61. The van der Waals surface area contributed by atoms with E-state index >= 15 is 0 Å². The third-order valence-electron chi connectivity index (χ3n) is 6.47. The lowest BCUT2D eigenvalue weighted by Gasteiger charge is -2.34. The second-order valence-electron chi connectivity index (χ2n) is 9.02. The van der Waals surface area contributed by atoms with Crippen molar-refractivity contribution in [1.82, 2.24) is 10.4 Å². The fourth-order valence-electron chi connectivity index (χ4n) is 4.61. The molecule has 10 heteroatoms. The Balaban J connectivity index is 1.72. The lowest BCUT2D eigenvalue weighted by atomic mass is 9.84. The van der Waals surface area contributed by atoms with Crippen LogP contribution in [0.1, 0.15) is 49.3 Å². The van der Waals surface area contributed by atoms with E-state index in [-0.39, 0.29) is 18.9 Å². The summed E-state index contributed by atoms with van der Waals surface area (Å²) in [4.78, 5) is 21.8. The third-order valence-corrected chi connectivity index (χ3v) is 6.47. The monoisotopic (exact) mass is 504 g/mol. The standard InChI is InChI=1S/C27H32N6O4/c1-2-15-27(26(35)31-33-16-6-3-7-17-33)24(22-9-4-5-10-23(22)30-32-28)37-25(29-27)20-11-13-21(14-12-20)36-19-8-18-34/h2,4-5,9-14,24,34H,1,3,6-8,15-19H2,(H,31,35)/t24-,27-/m0/s1. The summed E-state index contributed by atoms with van der Waals surface area (Å²) in [6, 6.07) is 14.3. The van der Waals surface area contributed by atoms with Gasteiger partial charge in [0.05, 0.1) is 6.61 Å². The van der Waals surface area contributed by atoms with Gasteiger partial charge in [0.15, 0.2) is 11.6 Å². The highest BCUT2D eigenvalue weighted by Gasteiger charge is 2.53. The van der Waals surface area contributed by atoms with E-state index in [9.17, 15) is 4.79 Å². The molecule has 37 heavy (non-hydrogen) atoms. The number of hydrogen-bond donors (Lipinski definition) is 2. The van der Waals surface area contributed by atoms with E-state index in [1.165, 1.54) is 0 Å². The molecule has 0 aromatic heterocycles. The van der Waals surface area contributed by atoms with Crippen molar-refractivity contribution >= 4 is 17.5 Å². The van der Waals surface area contributed by atoms with Gasteiger partial charge in [-0.2, -0.15) is 0 Å². The van der Waals surface area contributed by atoms with Crippen molar-refractivity contribution in [2.75, 3.05) is 26.3 Å². The molecule has 0 unspecified atom stereocenters. The Kier molecular flexibility index (Phi) is 8.79. The van der Waals surface area contributed by atoms with Gasteiger partial charge in [0.25, 0.3) is 5.91 Å². The Morgan fingerprint density at radius 3 is 2.73 bits per heavy atom. The van der Waals surface area contributed by atoms with E-state index in [4.69, 9.17) is 25.1 Å². The van der Waals surface area contributed by atoms with Crippen LogP contribution < -0.4 is 10.2 Å². The number of aliphatic hydroxyl groups is 1. The number of rotatable bonds is 11. The number of carbonyl (C=O) groups excluding carboxylic acids is 1. The molecular formula is C27H32N6O4. The minimum atomic E-state index is -1.36. The van der Waals surface area contributed by atoms with E-state index in [1.807, 2.05) is 23.2 Å². The van der Waals surface area contributed by atoms with Gasteiger partial charge in [-0.1, -0.05) is 41.9 Å². The molecule has 0 saturated carbocycles. The first kappa shape index (κ1) is 26.2. The quantitative estimate of drug-likeness (QED) is 0.150. The van der Waals surface area contributed by atoms with Crippen LogP contribution >= 0.6 is 0 Å². The highest BCUT2D eigenvalue weighted by Crippen LogP contribution is 2.45. The predicted octanol–water partition coefficient (Wildman–Crippen LogP) is 4.74. The fraction of sp³-hybridized carbons (Fsp3) is 0.407. The first-order valence-corrected chi connectivity index (χ1v) is 12.5. The zero-order valence-electron chi connectivity index (χ0n) is 20.8. The number of aliphatic imine (C=N–C) groups is 1. The SMILES string of the molecule is C=CC[C@]1(C(=O)NN2CCCCC2)N=C(c2ccc(OCCCO)cc2)O[C@H]1c1ccccc1N=[N+]=[N-]. The van der Waals surface area contributed by atoms with E-state index in [0.717, 1.165) is 32.4 Å². The number of carbonyl (C=O) groups is 1. The van der Waals surface area contributed by atoms with Crippen LogP contribution in [0.5, 0.6) is 5.75 Å². The lowest BCUT2D eigenvalue weighted by Crippen LogP contribution is -2.55. The van der Waals surface area contributed by atoms with Crippen LogP contribution in [0, 0.1) is 0 Å². The Hall–Kier alpha value is -3.85. The highest BCUT2D eigenvalue weighted by molar-refractivity contribution is 6.01. The summed E-state index contributed by atoms with van der Waals surface area (Å²) in [6.45, 7) is 5.90. The Bertz CT molecular complexity index is 1170. The molecule has 1 fully saturated rings. The second kappa shape index (κ2) is 12.4. The summed E-state index contributed by atoms with van der Waals surface area (Å²) in [5, 5.41) is 14.7. The van der Waals surface area contributed by atoms with Crippen molar-refractivity contribution in [3.05, 3.63) is 82.8 Å². The van der Waals surface area contributed by atoms with Crippen molar-refractivity contribution in [3.8, 4) is 5.75 Å². The maximum absolute atomic E-state index is 13.9. The summed E-state index contributed by atoms with van der Waals surface area (Å²) in [6.07, 6.45) is 4.73. The second-order valence-corrected chi connectivity index (χ2v) is 9.02. The number of piperidine rings is 1. The molecule has 2 heterocycles. The molecule has 2 N–H and O–H groups in total. The van der Waals surface area contributed by atoms with Crippen LogP contribution in [-0.2, 0) is 9.53 Å². The highest BCUT2D eigenvalue weighted by atomic mass is 16.5. The summed E-state index contributed by atoms with van der Waals surface area (Å²) in [7, 11) is 0. The van der Waals surface area contributed by atoms with E-state index < -0.39 is 11.6 Å². The molecule has 0 radical (unpaired) electrons. The van der Waals surface area contributed by atoms with Gasteiger partial charge in [-0.3, -0.25) is 10.2 Å². The van der Waals surface area contributed by atoms with E-state index in [2.05, 4.69) is 22.0 Å². The molecule has 2 aliphatic rings. The molecule has 0 aliphatic carbocycles. The average Bonchev–Trinajstić information content (AvgIpc) is 3.31. The Morgan fingerprint density at radius 2 is 2.03 bits per heavy atom. The zero-order chi connectivity index (χ0) is 26.1. The summed E-state index contributed by atoms with van der Waals surface area (Å²) in [5.41, 5.74) is 12.5. The number of azide groups is 1. The minimum absolute atomic E-state index is 0.0618.